The molecule has 0 heterocycles. The van der Waals surface area contributed by atoms with E-state index >= 15 is 0 Å². The molecule has 0 aliphatic carbocycles. The predicted molar refractivity (Wildman–Crippen MR) is 67.2 cm³/mol. The highest BCUT2D eigenvalue weighted by Gasteiger charge is 2.06. The van der Waals surface area contributed by atoms with Crippen molar-refractivity contribution < 1.29 is 13.5 Å². The Labute approximate surface area is 109 Å². The first kappa shape index (κ1) is 12.8. The van der Waals surface area contributed by atoms with Gasteiger partial charge in [0.1, 0.15) is 11.5 Å². The van der Waals surface area contributed by atoms with Gasteiger partial charge in [0.15, 0.2) is 11.6 Å². The van der Waals surface area contributed by atoms with Gasteiger partial charge in [0, 0.05) is 11.9 Å². The monoisotopic (exact) mass is 268 g/mol. The van der Waals surface area contributed by atoms with Crippen molar-refractivity contribution in [2.45, 2.75) is 12.8 Å². The second kappa shape index (κ2) is 5.36. The number of halogens is 3. The maximum absolute atomic E-state index is 13.0. The third-order valence-corrected chi connectivity index (χ3v) is 2.82. The zero-order valence-corrected chi connectivity index (χ0v) is 10.5. The van der Waals surface area contributed by atoms with Gasteiger partial charge in [-0.25, -0.2) is 8.78 Å². The molecular weight excluding hydrogens is 258 g/mol. The van der Waals surface area contributed by atoms with E-state index in [9.17, 15) is 8.78 Å². The molecule has 2 aromatic carbocycles. The normalized spacial score (nSPS) is 10.4. The van der Waals surface area contributed by atoms with E-state index in [2.05, 4.69) is 0 Å². The fourth-order valence-corrected chi connectivity index (χ4v) is 1.74. The third-order valence-electron chi connectivity index (χ3n) is 2.51. The van der Waals surface area contributed by atoms with Crippen molar-refractivity contribution in [1.29, 1.82) is 0 Å². The average Bonchev–Trinajstić information content (AvgIpc) is 2.36. The number of aryl methyl sites for hydroxylation is 1. The molecular formula is C14H11ClF2O. The Kier molecular flexibility index (Phi) is 3.82. The molecule has 0 aliphatic heterocycles. The van der Waals surface area contributed by atoms with Crippen LogP contribution in [-0.4, -0.2) is 0 Å². The van der Waals surface area contributed by atoms with Crippen molar-refractivity contribution >= 4 is 11.6 Å². The number of hydrogen-bond acceptors (Lipinski definition) is 1. The largest absolute Gasteiger partial charge is 0.457 e. The predicted octanol–water partition coefficient (Wildman–Crippen LogP) is 4.80. The van der Waals surface area contributed by atoms with E-state index in [4.69, 9.17) is 16.3 Å². The first-order chi connectivity index (χ1) is 8.60. The number of rotatable bonds is 3. The smallest absolute Gasteiger partial charge is 0.162 e. The van der Waals surface area contributed by atoms with Crippen molar-refractivity contribution in [2.24, 2.45) is 0 Å². The first-order valence-corrected chi connectivity index (χ1v) is 5.92. The molecule has 4 heteroatoms. The Morgan fingerprint density at radius 1 is 1.06 bits per heavy atom. The van der Waals surface area contributed by atoms with Crippen molar-refractivity contribution in [3.8, 4) is 11.5 Å². The van der Waals surface area contributed by atoms with Crippen LogP contribution in [-0.2, 0) is 5.88 Å². The van der Waals surface area contributed by atoms with Gasteiger partial charge >= 0.3 is 0 Å². The number of alkyl halides is 1. The Morgan fingerprint density at radius 3 is 2.44 bits per heavy atom. The summed E-state index contributed by atoms with van der Waals surface area (Å²) in [5.74, 6) is -0.545. The molecule has 0 spiro atoms. The second-order valence-corrected chi connectivity index (χ2v) is 4.18. The van der Waals surface area contributed by atoms with E-state index in [1.807, 2.05) is 19.1 Å². The van der Waals surface area contributed by atoms with Gasteiger partial charge in [0.2, 0.25) is 0 Å². The van der Waals surface area contributed by atoms with Crippen LogP contribution >= 0.6 is 11.6 Å². The van der Waals surface area contributed by atoms with Gasteiger partial charge < -0.3 is 4.74 Å². The second-order valence-electron chi connectivity index (χ2n) is 3.91. The highest BCUT2D eigenvalue weighted by molar-refractivity contribution is 6.17. The highest BCUT2D eigenvalue weighted by Crippen LogP contribution is 2.27. The maximum Gasteiger partial charge on any atom is 0.162 e. The van der Waals surface area contributed by atoms with Crippen LogP contribution in [0.3, 0.4) is 0 Å². The summed E-state index contributed by atoms with van der Waals surface area (Å²) in [6.07, 6.45) is 0. The fraction of sp³-hybridized carbons (Fsp3) is 0.143. The molecule has 0 bridgehead atoms. The molecule has 0 N–H and O–H groups in total. The Hall–Kier alpha value is -1.61. The summed E-state index contributed by atoms with van der Waals surface area (Å²) < 4.78 is 31.3. The molecule has 0 aliphatic rings. The average molecular weight is 269 g/mol. The molecule has 0 fully saturated rings. The van der Waals surface area contributed by atoms with Crippen molar-refractivity contribution in [3.05, 3.63) is 59.2 Å². The molecule has 94 valence electrons. The van der Waals surface area contributed by atoms with Gasteiger partial charge in [0.25, 0.3) is 0 Å². The molecule has 0 aromatic heterocycles. The molecule has 0 atom stereocenters. The molecule has 0 saturated carbocycles. The molecule has 0 saturated heterocycles. The van der Waals surface area contributed by atoms with Crippen LogP contribution in [0.15, 0.2) is 36.4 Å². The summed E-state index contributed by atoms with van der Waals surface area (Å²) in [6, 6.07) is 8.91. The van der Waals surface area contributed by atoms with Crippen LogP contribution in [0.4, 0.5) is 8.78 Å². The molecule has 0 amide bonds. The summed E-state index contributed by atoms with van der Waals surface area (Å²) in [6.45, 7) is 1.87. The Morgan fingerprint density at radius 2 is 1.83 bits per heavy atom. The maximum atomic E-state index is 13.0. The van der Waals surface area contributed by atoms with E-state index in [0.29, 0.717) is 11.6 Å². The van der Waals surface area contributed by atoms with E-state index in [1.165, 1.54) is 6.07 Å². The topological polar surface area (TPSA) is 9.23 Å². The van der Waals surface area contributed by atoms with Crippen LogP contribution in [0.5, 0.6) is 11.5 Å². The summed E-state index contributed by atoms with van der Waals surface area (Å²) in [4.78, 5) is 0. The van der Waals surface area contributed by atoms with Crippen LogP contribution in [0.1, 0.15) is 11.1 Å². The van der Waals surface area contributed by atoms with Crippen LogP contribution < -0.4 is 4.74 Å². The molecule has 2 aromatic rings. The van der Waals surface area contributed by atoms with E-state index < -0.39 is 11.6 Å². The highest BCUT2D eigenvalue weighted by atomic mass is 35.5. The third kappa shape index (κ3) is 2.79. The summed E-state index contributed by atoms with van der Waals surface area (Å²) in [5, 5.41) is 0. The minimum Gasteiger partial charge on any atom is -0.457 e. The lowest BCUT2D eigenvalue weighted by Crippen LogP contribution is -1.91. The molecule has 2 rings (SSSR count). The van der Waals surface area contributed by atoms with Crippen molar-refractivity contribution in [3.63, 3.8) is 0 Å². The minimum atomic E-state index is -0.928. The van der Waals surface area contributed by atoms with Gasteiger partial charge in [0.05, 0.1) is 0 Å². The molecule has 0 unspecified atom stereocenters. The SMILES string of the molecule is Cc1cc(CCl)ccc1Oc1ccc(F)c(F)c1. The lowest BCUT2D eigenvalue weighted by atomic mass is 10.1. The van der Waals surface area contributed by atoms with Crippen LogP contribution in [0.2, 0.25) is 0 Å². The first-order valence-electron chi connectivity index (χ1n) is 5.38. The van der Waals surface area contributed by atoms with Gasteiger partial charge in [-0.3, -0.25) is 0 Å². The van der Waals surface area contributed by atoms with E-state index in [0.717, 1.165) is 23.3 Å². The lowest BCUT2D eigenvalue weighted by Gasteiger charge is -2.09. The standard InChI is InChI=1S/C14H11ClF2O/c1-9-6-10(8-15)2-5-14(9)18-11-3-4-12(16)13(17)7-11/h2-7H,8H2,1H3. The number of hydrogen-bond donors (Lipinski definition) is 0. The van der Waals surface area contributed by atoms with Crippen molar-refractivity contribution in [2.75, 3.05) is 0 Å². The molecule has 1 nitrogen and oxygen atoms in total. The number of ether oxygens (including phenoxy) is 1. The fourth-order valence-electron chi connectivity index (χ4n) is 1.58. The molecule has 0 radical (unpaired) electrons. The zero-order chi connectivity index (χ0) is 13.1. The van der Waals surface area contributed by atoms with Gasteiger partial charge in [-0.1, -0.05) is 12.1 Å². The summed E-state index contributed by atoms with van der Waals surface area (Å²) in [5.41, 5.74) is 1.87. The van der Waals surface area contributed by atoms with E-state index in [-0.39, 0.29) is 5.75 Å². The zero-order valence-electron chi connectivity index (χ0n) is 9.71. The summed E-state index contributed by atoms with van der Waals surface area (Å²) >= 11 is 5.72. The van der Waals surface area contributed by atoms with Crippen LogP contribution in [0, 0.1) is 18.6 Å². The van der Waals surface area contributed by atoms with Gasteiger partial charge in [-0.05, 0) is 36.2 Å². The lowest BCUT2D eigenvalue weighted by molar-refractivity contribution is 0.459. The quantitative estimate of drug-likeness (QED) is 0.726. The van der Waals surface area contributed by atoms with Crippen LogP contribution in [0.25, 0.3) is 0 Å². The van der Waals surface area contributed by atoms with Crippen molar-refractivity contribution in [1.82, 2.24) is 0 Å². The van der Waals surface area contributed by atoms with E-state index in [1.54, 1.807) is 6.07 Å². The summed E-state index contributed by atoms with van der Waals surface area (Å²) in [7, 11) is 0. The van der Waals surface area contributed by atoms with Gasteiger partial charge in [-0.2, -0.15) is 0 Å². The van der Waals surface area contributed by atoms with Gasteiger partial charge in [-0.15, -0.1) is 11.6 Å². The Balaban J connectivity index is 2.25. The Bertz CT molecular complexity index is 570. The minimum absolute atomic E-state index is 0.260. The number of benzene rings is 2. The molecule has 18 heavy (non-hydrogen) atoms.